The summed E-state index contributed by atoms with van der Waals surface area (Å²) in [5, 5.41) is 16.4. The molecule has 1 aliphatic rings. The number of sulfonamides is 1. The summed E-state index contributed by atoms with van der Waals surface area (Å²) in [7, 11) is -2.17. The molecule has 2 aromatic carbocycles. The predicted molar refractivity (Wildman–Crippen MR) is 168 cm³/mol. The molecule has 2 N–H and O–H groups in total. The molecule has 0 aliphatic heterocycles. The van der Waals surface area contributed by atoms with Gasteiger partial charge in [0.25, 0.3) is 5.91 Å². The second kappa shape index (κ2) is 11.1. The Morgan fingerprint density at radius 2 is 1.81 bits per heavy atom. The second-order valence-corrected chi connectivity index (χ2v) is 14.3. The lowest BCUT2D eigenvalue weighted by Crippen LogP contribution is -2.18. The van der Waals surface area contributed by atoms with E-state index in [1.165, 1.54) is 7.11 Å². The van der Waals surface area contributed by atoms with Crippen LogP contribution in [0.3, 0.4) is 0 Å². The predicted octanol–water partition coefficient (Wildman–Crippen LogP) is 5.83. The highest BCUT2D eigenvalue weighted by Gasteiger charge is 2.30. The third-order valence-corrected chi connectivity index (χ3v) is 8.05. The number of rotatable bonds is 9. The third kappa shape index (κ3) is 6.43. The van der Waals surface area contributed by atoms with E-state index in [1.54, 1.807) is 28.9 Å². The van der Waals surface area contributed by atoms with Crippen LogP contribution < -0.4 is 14.8 Å². The normalized spacial score (nSPS) is 13.8. The molecule has 43 heavy (non-hydrogen) atoms. The Bertz CT molecular complexity index is 1790. The van der Waals surface area contributed by atoms with Crippen LogP contribution in [0.15, 0.2) is 42.7 Å². The zero-order valence-corrected chi connectivity index (χ0v) is 26.7. The summed E-state index contributed by atoms with van der Waals surface area (Å²) in [5.74, 6) is 0.107. The average Bonchev–Trinajstić information content (AvgIpc) is 3.46. The summed E-state index contributed by atoms with van der Waals surface area (Å²) in [6.07, 6.45) is 7.08. The van der Waals surface area contributed by atoms with E-state index in [1.807, 2.05) is 46.2 Å². The van der Waals surface area contributed by atoms with Gasteiger partial charge in [0.15, 0.2) is 5.75 Å². The molecule has 2 heterocycles. The second-order valence-electron chi connectivity index (χ2n) is 12.5. The number of methoxy groups -OCH3 is 1. The molecule has 0 radical (unpaired) electrons. The SMILES string of the molecule is COc1c(NC(=O)c2ccc(C)c(-n3cc(-c4cnn(C5CC5)c4C(C)C)nn3)c2)cc(C(C)(C)C)cc1NS(C)(=O)=O. The summed E-state index contributed by atoms with van der Waals surface area (Å²) in [4.78, 5) is 13.6. The van der Waals surface area contributed by atoms with E-state index in [0.29, 0.717) is 23.0 Å². The number of carbonyl (C=O) groups is 1. The van der Waals surface area contributed by atoms with E-state index in [2.05, 4.69) is 44.0 Å². The highest BCUT2D eigenvalue weighted by atomic mass is 32.2. The summed E-state index contributed by atoms with van der Waals surface area (Å²) in [5.41, 5.74) is 5.94. The fourth-order valence-corrected chi connectivity index (χ4v) is 5.65. The highest BCUT2D eigenvalue weighted by molar-refractivity contribution is 7.92. The van der Waals surface area contributed by atoms with E-state index >= 15 is 0 Å². The van der Waals surface area contributed by atoms with Gasteiger partial charge in [0, 0.05) is 11.1 Å². The van der Waals surface area contributed by atoms with Crippen LogP contribution >= 0.6 is 0 Å². The number of anilines is 2. The number of nitrogens with zero attached hydrogens (tertiary/aromatic N) is 5. The molecule has 12 heteroatoms. The van der Waals surface area contributed by atoms with Crippen molar-refractivity contribution in [3.8, 4) is 22.7 Å². The summed E-state index contributed by atoms with van der Waals surface area (Å²) < 4.78 is 36.1. The maximum absolute atomic E-state index is 13.6. The Morgan fingerprint density at radius 3 is 2.42 bits per heavy atom. The van der Waals surface area contributed by atoms with Gasteiger partial charge < -0.3 is 10.1 Å². The number of aryl methyl sites for hydroxylation is 1. The molecule has 1 amide bonds. The Hall–Kier alpha value is -4.19. The zero-order valence-electron chi connectivity index (χ0n) is 25.9. The molecule has 0 saturated heterocycles. The molecule has 1 saturated carbocycles. The lowest BCUT2D eigenvalue weighted by molar-refractivity contribution is 0.102. The van der Waals surface area contributed by atoms with Crippen LogP contribution in [-0.2, 0) is 15.4 Å². The maximum Gasteiger partial charge on any atom is 0.255 e. The van der Waals surface area contributed by atoms with Crippen molar-refractivity contribution in [3.05, 3.63) is 65.1 Å². The van der Waals surface area contributed by atoms with Crippen LogP contribution in [-0.4, -0.2) is 52.5 Å². The number of amides is 1. The number of hydrogen-bond acceptors (Lipinski definition) is 7. The van der Waals surface area contributed by atoms with Crippen molar-refractivity contribution in [3.63, 3.8) is 0 Å². The standard InChI is InChI=1S/C31H39N7O4S/c1-18(2)28-23(16-32-38(28)22-11-12-22)26-17-37(36-34-26)27-13-20(10-9-19(27)3)30(39)33-24-14-21(31(4,5)6)15-25(29(24)42-7)35-43(8,40)41/h9-10,13-18,22,35H,11-12H2,1-8H3,(H,33,39). The molecule has 5 rings (SSSR count). The van der Waals surface area contributed by atoms with Crippen LogP contribution in [0, 0.1) is 6.92 Å². The van der Waals surface area contributed by atoms with E-state index < -0.39 is 10.0 Å². The molecule has 4 aromatic rings. The number of hydrogen-bond donors (Lipinski definition) is 2. The van der Waals surface area contributed by atoms with Crippen molar-refractivity contribution in [2.75, 3.05) is 23.4 Å². The van der Waals surface area contributed by atoms with Gasteiger partial charge in [-0.15, -0.1) is 5.10 Å². The van der Waals surface area contributed by atoms with Crippen LogP contribution in [0.2, 0.25) is 0 Å². The average molecular weight is 606 g/mol. The molecule has 0 spiro atoms. The van der Waals surface area contributed by atoms with Crippen LogP contribution in [0.1, 0.15) is 86.6 Å². The molecular weight excluding hydrogens is 566 g/mol. The van der Waals surface area contributed by atoms with Gasteiger partial charge in [-0.25, -0.2) is 13.1 Å². The van der Waals surface area contributed by atoms with Crippen molar-refractivity contribution in [1.29, 1.82) is 0 Å². The van der Waals surface area contributed by atoms with Crippen molar-refractivity contribution < 1.29 is 17.9 Å². The molecule has 2 aromatic heterocycles. The van der Waals surface area contributed by atoms with Crippen molar-refractivity contribution in [2.45, 2.75) is 71.8 Å². The van der Waals surface area contributed by atoms with Crippen molar-refractivity contribution in [2.24, 2.45) is 0 Å². The van der Waals surface area contributed by atoms with Gasteiger partial charge in [-0.2, -0.15) is 5.10 Å². The summed E-state index contributed by atoms with van der Waals surface area (Å²) >= 11 is 0. The van der Waals surface area contributed by atoms with Gasteiger partial charge in [-0.05, 0) is 66.5 Å². The Balaban J connectivity index is 1.48. The van der Waals surface area contributed by atoms with Gasteiger partial charge in [0.2, 0.25) is 10.0 Å². The molecule has 228 valence electrons. The van der Waals surface area contributed by atoms with Gasteiger partial charge in [0.1, 0.15) is 5.69 Å². The Labute approximate surface area is 252 Å². The molecule has 0 atom stereocenters. The third-order valence-electron chi connectivity index (χ3n) is 7.46. The zero-order chi connectivity index (χ0) is 31.3. The first kappa shape index (κ1) is 30.3. The van der Waals surface area contributed by atoms with Crippen LogP contribution in [0.5, 0.6) is 5.75 Å². The molecule has 11 nitrogen and oxygen atoms in total. The van der Waals surface area contributed by atoms with E-state index in [-0.39, 0.29) is 28.7 Å². The van der Waals surface area contributed by atoms with Gasteiger partial charge >= 0.3 is 0 Å². The maximum atomic E-state index is 13.6. The fourth-order valence-electron chi connectivity index (χ4n) is 5.10. The number of carbonyl (C=O) groups excluding carboxylic acids is 1. The van der Waals surface area contributed by atoms with E-state index in [4.69, 9.17) is 4.74 Å². The topological polar surface area (TPSA) is 133 Å². The monoisotopic (exact) mass is 605 g/mol. The number of benzene rings is 2. The summed E-state index contributed by atoms with van der Waals surface area (Å²) in [6, 6.07) is 9.33. The Morgan fingerprint density at radius 1 is 1.12 bits per heavy atom. The minimum Gasteiger partial charge on any atom is -0.492 e. The van der Waals surface area contributed by atoms with Crippen LogP contribution in [0.4, 0.5) is 11.4 Å². The first-order valence-electron chi connectivity index (χ1n) is 14.3. The molecule has 1 fully saturated rings. The lowest BCUT2D eigenvalue weighted by Gasteiger charge is -2.24. The van der Waals surface area contributed by atoms with Crippen LogP contribution in [0.25, 0.3) is 16.9 Å². The minimum absolute atomic E-state index is 0.215. The largest absolute Gasteiger partial charge is 0.492 e. The summed E-state index contributed by atoms with van der Waals surface area (Å²) in [6.45, 7) is 12.3. The first-order chi connectivity index (χ1) is 20.2. The molecule has 0 bridgehead atoms. The fraction of sp³-hybridized carbons (Fsp3) is 0.419. The van der Waals surface area contributed by atoms with Gasteiger partial charge in [-0.3, -0.25) is 14.2 Å². The van der Waals surface area contributed by atoms with E-state index in [9.17, 15) is 13.2 Å². The molecular formula is C31H39N7O4S. The van der Waals surface area contributed by atoms with Crippen molar-refractivity contribution >= 4 is 27.3 Å². The lowest BCUT2D eigenvalue weighted by atomic mass is 9.86. The molecule has 0 unspecified atom stereocenters. The highest BCUT2D eigenvalue weighted by Crippen LogP contribution is 2.41. The Kier molecular flexibility index (Phi) is 7.84. The van der Waals surface area contributed by atoms with E-state index in [0.717, 1.165) is 47.2 Å². The van der Waals surface area contributed by atoms with Gasteiger partial charge in [0.05, 0.1) is 54.6 Å². The number of aromatic nitrogens is 5. The van der Waals surface area contributed by atoms with Crippen molar-refractivity contribution in [1.82, 2.24) is 24.8 Å². The smallest absolute Gasteiger partial charge is 0.255 e. The minimum atomic E-state index is -3.60. The molecule has 1 aliphatic carbocycles. The number of ether oxygens (including phenoxy) is 1. The first-order valence-corrected chi connectivity index (χ1v) is 16.2. The van der Waals surface area contributed by atoms with Gasteiger partial charge in [-0.1, -0.05) is 45.9 Å². The number of nitrogens with one attached hydrogen (secondary N) is 2. The quantitative estimate of drug-likeness (QED) is 0.245.